The molecule has 0 fully saturated rings. The summed E-state index contributed by atoms with van der Waals surface area (Å²) in [6.45, 7) is 6.90. The lowest BCUT2D eigenvalue weighted by Gasteiger charge is -2.38. The molecule has 0 aromatic rings. The summed E-state index contributed by atoms with van der Waals surface area (Å²) in [5, 5.41) is 0. The lowest BCUT2D eigenvalue weighted by molar-refractivity contribution is -0.146. The summed E-state index contributed by atoms with van der Waals surface area (Å²) in [7, 11) is 4.57. The second-order valence-electron chi connectivity index (χ2n) is 6.53. The Morgan fingerprint density at radius 1 is 0.538 bits per heavy atom. The van der Waals surface area contributed by atoms with Crippen molar-refractivity contribution in [3.8, 4) is 0 Å². The number of rotatable bonds is 7. The molecule has 0 aromatic carbocycles. The topological polar surface area (TPSA) is 105 Å². The number of hydrogen-bond donors (Lipinski definition) is 0. The molecule has 0 aliphatic rings. The van der Waals surface area contributed by atoms with Crippen molar-refractivity contribution in [3.63, 3.8) is 0 Å². The van der Waals surface area contributed by atoms with Crippen LogP contribution in [0.1, 0.15) is 27.7 Å². The summed E-state index contributed by atoms with van der Waals surface area (Å²) >= 11 is 0. The molecule has 0 unspecified atom stereocenters. The first-order valence-corrected chi connectivity index (χ1v) is 7.67. The number of hydrogen-bond acceptors (Lipinski definition) is 8. The highest BCUT2D eigenvalue weighted by molar-refractivity contribution is 6.14. The van der Waals surface area contributed by atoms with Gasteiger partial charge in [0, 0.05) is 0 Å². The molecule has 0 amide bonds. The first-order chi connectivity index (χ1) is 11.9. The number of esters is 4. The Morgan fingerprint density at radius 2 is 0.731 bits per heavy atom. The summed E-state index contributed by atoms with van der Waals surface area (Å²) in [5.74, 6) is -3.42. The van der Waals surface area contributed by atoms with Crippen LogP contribution in [0.15, 0.2) is 23.3 Å². The van der Waals surface area contributed by atoms with E-state index in [9.17, 15) is 19.2 Å². The standard InChI is InChI=1S/C18H26O8/c1-17(2,9-11(13(19)23-5)14(20)24-6)18(3,4)10-12(15(21)25-7)16(22)26-8/h9-10H,1-8H3. The molecule has 0 spiro atoms. The van der Waals surface area contributed by atoms with Crippen LogP contribution in [0.2, 0.25) is 0 Å². The van der Waals surface area contributed by atoms with E-state index < -0.39 is 34.7 Å². The maximum atomic E-state index is 11.9. The van der Waals surface area contributed by atoms with Crippen molar-refractivity contribution in [2.75, 3.05) is 28.4 Å². The zero-order chi connectivity index (χ0) is 20.7. The zero-order valence-corrected chi connectivity index (χ0v) is 16.4. The van der Waals surface area contributed by atoms with E-state index in [1.54, 1.807) is 27.7 Å². The Kier molecular flexibility index (Phi) is 8.24. The van der Waals surface area contributed by atoms with Crippen molar-refractivity contribution in [1.29, 1.82) is 0 Å². The summed E-state index contributed by atoms with van der Waals surface area (Å²) in [5.41, 5.74) is -2.34. The maximum absolute atomic E-state index is 11.9. The van der Waals surface area contributed by atoms with Gasteiger partial charge in [-0.2, -0.15) is 0 Å². The normalized spacial score (nSPS) is 10.9. The molecule has 0 aromatic heterocycles. The second-order valence-corrected chi connectivity index (χ2v) is 6.53. The van der Waals surface area contributed by atoms with Crippen LogP contribution in [-0.4, -0.2) is 52.3 Å². The summed E-state index contributed by atoms with van der Waals surface area (Å²) in [6, 6.07) is 0. The van der Waals surface area contributed by atoms with E-state index in [4.69, 9.17) is 0 Å². The summed E-state index contributed by atoms with van der Waals surface area (Å²) < 4.78 is 18.5. The van der Waals surface area contributed by atoms with Crippen molar-refractivity contribution < 1.29 is 38.1 Å². The predicted molar refractivity (Wildman–Crippen MR) is 91.8 cm³/mol. The second kappa shape index (κ2) is 9.17. The minimum absolute atomic E-state index is 0.292. The van der Waals surface area contributed by atoms with Crippen molar-refractivity contribution >= 4 is 23.9 Å². The minimum Gasteiger partial charge on any atom is -0.465 e. The fourth-order valence-electron chi connectivity index (χ4n) is 1.94. The number of ether oxygens (including phenoxy) is 4. The quantitative estimate of drug-likeness (QED) is 0.219. The van der Waals surface area contributed by atoms with Crippen LogP contribution in [-0.2, 0) is 38.1 Å². The number of allylic oxidation sites excluding steroid dienone is 2. The van der Waals surface area contributed by atoms with Gasteiger partial charge in [0.1, 0.15) is 11.1 Å². The lowest BCUT2D eigenvalue weighted by Crippen LogP contribution is -2.33. The van der Waals surface area contributed by atoms with Gasteiger partial charge in [0.25, 0.3) is 0 Å². The fourth-order valence-corrected chi connectivity index (χ4v) is 1.94. The minimum atomic E-state index is -0.877. The van der Waals surface area contributed by atoms with Gasteiger partial charge in [-0.25, -0.2) is 19.2 Å². The van der Waals surface area contributed by atoms with Crippen molar-refractivity contribution in [1.82, 2.24) is 0 Å². The van der Waals surface area contributed by atoms with Crippen LogP contribution in [0.25, 0.3) is 0 Å². The maximum Gasteiger partial charge on any atom is 0.344 e. The van der Waals surface area contributed by atoms with E-state index in [1.165, 1.54) is 12.2 Å². The molecule has 0 rings (SSSR count). The Morgan fingerprint density at radius 3 is 0.885 bits per heavy atom. The molecular formula is C18H26O8. The third-order valence-electron chi connectivity index (χ3n) is 4.29. The van der Waals surface area contributed by atoms with Crippen LogP contribution in [0.3, 0.4) is 0 Å². The highest BCUT2D eigenvalue weighted by atomic mass is 16.5. The molecule has 0 bridgehead atoms. The Bertz CT molecular complexity index is 546. The molecule has 0 heterocycles. The van der Waals surface area contributed by atoms with Crippen molar-refractivity contribution in [3.05, 3.63) is 23.3 Å². The zero-order valence-electron chi connectivity index (χ0n) is 16.4. The van der Waals surface area contributed by atoms with Gasteiger partial charge in [0.05, 0.1) is 28.4 Å². The van der Waals surface area contributed by atoms with Crippen LogP contribution >= 0.6 is 0 Å². The van der Waals surface area contributed by atoms with Gasteiger partial charge in [-0.1, -0.05) is 39.8 Å². The summed E-state index contributed by atoms with van der Waals surface area (Å²) in [6.07, 6.45) is 2.76. The average molecular weight is 370 g/mol. The van der Waals surface area contributed by atoms with E-state index in [0.717, 1.165) is 28.4 Å². The Hall–Kier alpha value is -2.64. The molecule has 0 aliphatic carbocycles. The van der Waals surface area contributed by atoms with E-state index in [1.807, 2.05) is 0 Å². The van der Waals surface area contributed by atoms with Gasteiger partial charge in [0.2, 0.25) is 0 Å². The molecule has 0 N–H and O–H groups in total. The third kappa shape index (κ3) is 5.44. The first-order valence-electron chi connectivity index (χ1n) is 7.67. The molecule has 0 atom stereocenters. The van der Waals surface area contributed by atoms with Crippen molar-refractivity contribution in [2.24, 2.45) is 10.8 Å². The smallest absolute Gasteiger partial charge is 0.344 e. The van der Waals surface area contributed by atoms with E-state index in [0.29, 0.717) is 0 Å². The molecule has 0 saturated carbocycles. The SMILES string of the molecule is COC(=O)C(=CC(C)(C)C(C)(C)C=C(C(=O)OC)C(=O)OC)C(=O)OC. The molecule has 0 aliphatic heterocycles. The Labute approximate surface area is 153 Å². The third-order valence-corrected chi connectivity index (χ3v) is 4.29. The van der Waals surface area contributed by atoms with Crippen molar-refractivity contribution in [2.45, 2.75) is 27.7 Å². The van der Waals surface area contributed by atoms with E-state index >= 15 is 0 Å². The highest BCUT2D eigenvalue weighted by Gasteiger charge is 2.38. The van der Waals surface area contributed by atoms with Gasteiger partial charge in [-0.3, -0.25) is 0 Å². The number of carbonyl (C=O) groups excluding carboxylic acids is 4. The Balaban J connectivity index is 6.27. The molecular weight excluding hydrogens is 344 g/mol. The van der Waals surface area contributed by atoms with Crippen LogP contribution in [0.4, 0.5) is 0 Å². The number of carbonyl (C=O) groups is 4. The number of methoxy groups -OCH3 is 4. The van der Waals surface area contributed by atoms with E-state index in [2.05, 4.69) is 18.9 Å². The highest BCUT2D eigenvalue weighted by Crippen LogP contribution is 2.42. The lowest BCUT2D eigenvalue weighted by atomic mass is 9.66. The summed E-state index contributed by atoms with van der Waals surface area (Å²) in [4.78, 5) is 47.6. The predicted octanol–water partition coefficient (Wildman–Crippen LogP) is 1.58. The van der Waals surface area contributed by atoms with Crippen LogP contribution in [0, 0.1) is 10.8 Å². The molecule has 8 nitrogen and oxygen atoms in total. The first kappa shape index (κ1) is 23.4. The largest absolute Gasteiger partial charge is 0.465 e. The van der Waals surface area contributed by atoms with Gasteiger partial charge < -0.3 is 18.9 Å². The van der Waals surface area contributed by atoms with E-state index in [-0.39, 0.29) is 11.1 Å². The van der Waals surface area contributed by atoms with Gasteiger partial charge >= 0.3 is 23.9 Å². The molecule has 0 radical (unpaired) electrons. The fraction of sp³-hybridized carbons (Fsp3) is 0.556. The molecule has 26 heavy (non-hydrogen) atoms. The van der Waals surface area contributed by atoms with Crippen LogP contribution in [0.5, 0.6) is 0 Å². The van der Waals surface area contributed by atoms with Gasteiger partial charge in [-0.15, -0.1) is 0 Å². The van der Waals surface area contributed by atoms with Crippen LogP contribution < -0.4 is 0 Å². The molecule has 146 valence electrons. The average Bonchev–Trinajstić information content (AvgIpc) is 2.61. The van der Waals surface area contributed by atoms with Gasteiger partial charge in [0.15, 0.2) is 0 Å². The van der Waals surface area contributed by atoms with Gasteiger partial charge in [-0.05, 0) is 10.8 Å². The monoisotopic (exact) mass is 370 g/mol. The molecule has 0 saturated heterocycles. The molecule has 8 heteroatoms.